The highest BCUT2D eigenvalue weighted by Crippen LogP contribution is 2.22. The Morgan fingerprint density at radius 3 is 2.72 bits per heavy atom. The summed E-state index contributed by atoms with van der Waals surface area (Å²) in [5.41, 5.74) is 1.84. The van der Waals surface area contributed by atoms with E-state index in [1.54, 1.807) is 6.92 Å². The van der Waals surface area contributed by atoms with Crippen molar-refractivity contribution in [1.82, 2.24) is 5.32 Å². The van der Waals surface area contributed by atoms with Crippen LogP contribution >= 0.6 is 11.6 Å². The van der Waals surface area contributed by atoms with Crippen LogP contribution < -0.4 is 5.32 Å². The van der Waals surface area contributed by atoms with Crippen molar-refractivity contribution in [3.8, 4) is 0 Å². The SMILES string of the molecule is CCCNC(C(=O)OCC)c1ccc(C)c(Cl)c1. The van der Waals surface area contributed by atoms with Gasteiger partial charge in [0, 0.05) is 5.02 Å². The molecule has 4 heteroatoms. The Kier molecular flexibility index (Phi) is 6.16. The van der Waals surface area contributed by atoms with Crippen LogP contribution in [0.5, 0.6) is 0 Å². The van der Waals surface area contributed by atoms with Crippen LogP contribution in [0.2, 0.25) is 5.02 Å². The molecule has 1 unspecified atom stereocenters. The molecule has 0 amide bonds. The highest BCUT2D eigenvalue weighted by atomic mass is 35.5. The van der Waals surface area contributed by atoms with Crippen molar-refractivity contribution in [2.75, 3.05) is 13.2 Å². The first-order valence-electron chi connectivity index (χ1n) is 6.26. The van der Waals surface area contributed by atoms with E-state index in [0.717, 1.165) is 24.1 Å². The Labute approximate surface area is 113 Å². The van der Waals surface area contributed by atoms with Crippen LogP contribution in [-0.4, -0.2) is 19.1 Å². The summed E-state index contributed by atoms with van der Waals surface area (Å²) in [6.45, 7) is 6.93. The summed E-state index contributed by atoms with van der Waals surface area (Å²) >= 11 is 6.09. The number of esters is 1. The number of ether oxygens (including phenoxy) is 1. The molecular weight excluding hydrogens is 250 g/mol. The minimum atomic E-state index is -0.442. The monoisotopic (exact) mass is 269 g/mol. The maximum Gasteiger partial charge on any atom is 0.327 e. The van der Waals surface area contributed by atoms with Crippen LogP contribution in [0.3, 0.4) is 0 Å². The molecule has 100 valence electrons. The molecule has 0 aliphatic rings. The number of aryl methyl sites for hydroxylation is 1. The van der Waals surface area contributed by atoms with Crippen molar-refractivity contribution < 1.29 is 9.53 Å². The molecule has 0 aliphatic heterocycles. The van der Waals surface area contributed by atoms with Crippen molar-refractivity contribution in [3.63, 3.8) is 0 Å². The van der Waals surface area contributed by atoms with Gasteiger partial charge in [0.1, 0.15) is 6.04 Å². The molecule has 0 spiro atoms. The van der Waals surface area contributed by atoms with Gasteiger partial charge in [-0.05, 0) is 44.0 Å². The lowest BCUT2D eigenvalue weighted by Crippen LogP contribution is -2.30. The minimum Gasteiger partial charge on any atom is -0.465 e. The van der Waals surface area contributed by atoms with E-state index in [0.29, 0.717) is 11.6 Å². The average molecular weight is 270 g/mol. The number of hydrogen-bond donors (Lipinski definition) is 1. The van der Waals surface area contributed by atoms with Gasteiger partial charge in [0.05, 0.1) is 6.61 Å². The molecular formula is C14H20ClNO2. The van der Waals surface area contributed by atoms with E-state index in [9.17, 15) is 4.79 Å². The van der Waals surface area contributed by atoms with Gasteiger partial charge in [0.15, 0.2) is 0 Å². The van der Waals surface area contributed by atoms with Gasteiger partial charge in [0.25, 0.3) is 0 Å². The zero-order chi connectivity index (χ0) is 13.5. The van der Waals surface area contributed by atoms with Crippen LogP contribution in [0.15, 0.2) is 18.2 Å². The van der Waals surface area contributed by atoms with E-state index in [1.807, 2.05) is 25.1 Å². The number of halogens is 1. The molecule has 1 atom stereocenters. The summed E-state index contributed by atoms with van der Waals surface area (Å²) in [6, 6.07) is 5.20. The Hall–Kier alpha value is -1.06. The smallest absolute Gasteiger partial charge is 0.327 e. The van der Waals surface area contributed by atoms with Crippen LogP contribution in [0.4, 0.5) is 0 Å². The molecule has 0 radical (unpaired) electrons. The summed E-state index contributed by atoms with van der Waals surface area (Å²) in [4.78, 5) is 11.9. The van der Waals surface area contributed by atoms with Crippen LogP contribution in [0.1, 0.15) is 37.4 Å². The van der Waals surface area contributed by atoms with Gasteiger partial charge in [0.2, 0.25) is 0 Å². The second-order valence-corrected chi connectivity index (χ2v) is 4.56. The number of carbonyl (C=O) groups is 1. The van der Waals surface area contributed by atoms with E-state index in [-0.39, 0.29) is 5.97 Å². The Balaban J connectivity index is 2.93. The minimum absolute atomic E-state index is 0.258. The fourth-order valence-electron chi connectivity index (χ4n) is 1.64. The highest BCUT2D eigenvalue weighted by molar-refractivity contribution is 6.31. The molecule has 0 saturated carbocycles. The van der Waals surface area contributed by atoms with Crippen molar-refractivity contribution in [2.24, 2.45) is 0 Å². The van der Waals surface area contributed by atoms with Crippen LogP contribution in [0, 0.1) is 6.92 Å². The van der Waals surface area contributed by atoms with Crippen molar-refractivity contribution in [2.45, 2.75) is 33.2 Å². The van der Waals surface area contributed by atoms with Gasteiger partial charge in [-0.3, -0.25) is 0 Å². The summed E-state index contributed by atoms with van der Waals surface area (Å²) < 4.78 is 5.08. The lowest BCUT2D eigenvalue weighted by Gasteiger charge is -2.18. The Morgan fingerprint density at radius 2 is 2.17 bits per heavy atom. The Morgan fingerprint density at radius 1 is 1.44 bits per heavy atom. The maximum atomic E-state index is 11.9. The average Bonchev–Trinajstić information content (AvgIpc) is 2.34. The first-order valence-corrected chi connectivity index (χ1v) is 6.64. The quantitative estimate of drug-likeness (QED) is 0.806. The second kappa shape index (κ2) is 7.39. The number of nitrogens with one attached hydrogen (secondary N) is 1. The van der Waals surface area contributed by atoms with Gasteiger partial charge in [-0.1, -0.05) is 30.7 Å². The molecule has 0 fully saturated rings. The molecule has 1 N–H and O–H groups in total. The van der Waals surface area contributed by atoms with Crippen molar-refractivity contribution in [3.05, 3.63) is 34.3 Å². The number of hydrogen-bond acceptors (Lipinski definition) is 3. The normalized spacial score (nSPS) is 12.2. The van der Waals surface area contributed by atoms with Gasteiger partial charge in [-0.25, -0.2) is 4.79 Å². The van der Waals surface area contributed by atoms with Crippen LogP contribution in [-0.2, 0) is 9.53 Å². The molecule has 1 aromatic carbocycles. The Bertz CT molecular complexity index is 407. The van der Waals surface area contributed by atoms with Gasteiger partial charge < -0.3 is 10.1 Å². The van der Waals surface area contributed by atoms with Crippen LogP contribution in [0.25, 0.3) is 0 Å². The maximum absolute atomic E-state index is 11.9. The zero-order valence-electron chi connectivity index (χ0n) is 11.1. The fourth-order valence-corrected chi connectivity index (χ4v) is 1.83. The van der Waals surface area contributed by atoms with Gasteiger partial charge in [-0.2, -0.15) is 0 Å². The lowest BCUT2D eigenvalue weighted by atomic mass is 10.0. The van der Waals surface area contributed by atoms with Crippen molar-refractivity contribution >= 4 is 17.6 Å². The summed E-state index contributed by atoms with van der Waals surface area (Å²) in [5.74, 6) is -0.258. The number of carbonyl (C=O) groups excluding carboxylic acids is 1. The number of benzene rings is 1. The third-order valence-electron chi connectivity index (χ3n) is 2.65. The molecule has 1 aromatic rings. The molecule has 3 nitrogen and oxygen atoms in total. The van der Waals surface area contributed by atoms with E-state index in [2.05, 4.69) is 12.2 Å². The largest absolute Gasteiger partial charge is 0.465 e. The first kappa shape index (κ1) is 15.0. The van der Waals surface area contributed by atoms with Gasteiger partial charge in [-0.15, -0.1) is 0 Å². The molecule has 0 heterocycles. The third-order valence-corrected chi connectivity index (χ3v) is 3.06. The highest BCUT2D eigenvalue weighted by Gasteiger charge is 2.21. The topological polar surface area (TPSA) is 38.3 Å². The van der Waals surface area contributed by atoms with Gasteiger partial charge >= 0.3 is 5.97 Å². The molecule has 1 rings (SSSR count). The molecule has 0 aromatic heterocycles. The second-order valence-electron chi connectivity index (χ2n) is 4.15. The lowest BCUT2D eigenvalue weighted by molar-refractivity contribution is -0.145. The predicted octanol–water partition coefficient (Wildman–Crippen LogP) is 3.25. The van der Waals surface area contributed by atoms with E-state index < -0.39 is 6.04 Å². The van der Waals surface area contributed by atoms with E-state index >= 15 is 0 Å². The summed E-state index contributed by atoms with van der Waals surface area (Å²) in [6.07, 6.45) is 0.954. The standard InChI is InChI=1S/C14H20ClNO2/c1-4-8-16-13(14(17)18-5-2)11-7-6-10(3)12(15)9-11/h6-7,9,13,16H,4-5,8H2,1-3H3. The molecule has 0 aliphatic carbocycles. The fraction of sp³-hybridized carbons (Fsp3) is 0.500. The number of rotatable bonds is 6. The first-order chi connectivity index (χ1) is 8.60. The van der Waals surface area contributed by atoms with E-state index in [4.69, 9.17) is 16.3 Å². The van der Waals surface area contributed by atoms with E-state index in [1.165, 1.54) is 0 Å². The van der Waals surface area contributed by atoms with Crippen molar-refractivity contribution in [1.29, 1.82) is 0 Å². The molecule has 18 heavy (non-hydrogen) atoms. The third kappa shape index (κ3) is 4.00. The zero-order valence-corrected chi connectivity index (χ0v) is 11.9. The molecule has 0 bridgehead atoms. The predicted molar refractivity (Wildman–Crippen MR) is 73.9 cm³/mol. The molecule has 0 saturated heterocycles. The summed E-state index contributed by atoms with van der Waals surface area (Å²) in [5, 5.41) is 3.85. The summed E-state index contributed by atoms with van der Waals surface area (Å²) in [7, 11) is 0.